The predicted octanol–water partition coefficient (Wildman–Crippen LogP) is 1.11. The summed E-state index contributed by atoms with van der Waals surface area (Å²) in [6.07, 6.45) is 0.316. The Bertz CT molecular complexity index is 322. The fraction of sp³-hybridized carbons (Fsp3) is 0.545. The van der Waals surface area contributed by atoms with Crippen LogP contribution >= 0.6 is 11.3 Å². The second kappa shape index (κ2) is 5.98. The van der Waals surface area contributed by atoms with E-state index in [2.05, 4.69) is 5.32 Å². The Kier molecular flexibility index (Phi) is 4.92. The molecule has 0 spiro atoms. The minimum atomic E-state index is -1.01. The van der Waals surface area contributed by atoms with Gasteiger partial charge in [0.2, 0.25) is 5.91 Å². The summed E-state index contributed by atoms with van der Waals surface area (Å²) in [7, 11) is 1.55. The lowest BCUT2D eigenvalue weighted by molar-refractivity contribution is -0.123. The fourth-order valence-electron chi connectivity index (χ4n) is 1.23. The minimum Gasteiger partial charge on any atom is -0.384 e. The van der Waals surface area contributed by atoms with Crippen LogP contribution in [-0.4, -0.2) is 31.3 Å². The van der Waals surface area contributed by atoms with Crippen molar-refractivity contribution in [2.24, 2.45) is 0 Å². The monoisotopic (exact) mass is 243 g/mol. The van der Waals surface area contributed by atoms with Crippen LogP contribution in [0.15, 0.2) is 16.8 Å². The van der Waals surface area contributed by atoms with Crippen LogP contribution in [0.2, 0.25) is 0 Å². The SMILES string of the molecule is COCCC(=O)NCC(C)(O)c1ccsc1. The molecule has 1 atom stereocenters. The Balaban J connectivity index is 2.39. The molecule has 4 nitrogen and oxygen atoms in total. The normalized spacial score (nSPS) is 14.4. The summed E-state index contributed by atoms with van der Waals surface area (Å²) >= 11 is 1.52. The first-order chi connectivity index (χ1) is 7.56. The number of aliphatic hydroxyl groups is 1. The maximum Gasteiger partial charge on any atom is 0.222 e. The molecule has 0 aromatic carbocycles. The smallest absolute Gasteiger partial charge is 0.222 e. The van der Waals surface area contributed by atoms with Crippen molar-refractivity contribution in [1.82, 2.24) is 5.32 Å². The summed E-state index contributed by atoms with van der Waals surface area (Å²) in [5, 5.41) is 16.6. The van der Waals surface area contributed by atoms with Crippen LogP contribution in [0.3, 0.4) is 0 Å². The average molecular weight is 243 g/mol. The zero-order valence-corrected chi connectivity index (χ0v) is 10.3. The van der Waals surface area contributed by atoms with Crippen molar-refractivity contribution in [3.8, 4) is 0 Å². The molecule has 0 saturated carbocycles. The Morgan fingerprint density at radius 2 is 2.44 bits per heavy atom. The largest absolute Gasteiger partial charge is 0.384 e. The summed E-state index contributed by atoms with van der Waals surface area (Å²) in [5.41, 5.74) is -0.188. The molecule has 1 aromatic heterocycles. The number of methoxy groups -OCH3 is 1. The molecule has 0 aliphatic carbocycles. The summed E-state index contributed by atoms with van der Waals surface area (Å²) in [5.74, 6) is -0.114. The van der Waals surface area contributed by atoms with Gasteiger partial charge in [0.1, 0.15) is 5.60 Å². The van der Waals surface area contributed by atoms with E-state index < -0.39 is 5.60 Å². The van der Waals surface area contributed by atoms with Crippen molar-refractivity contribution in [3.63, 3.8) is 0 Å². The quantitative estimate of drug-likeness (QED) is 0.787. The highest BCUT2D eigenvalue weighted by Gasteiger charge is 2.23. The second-order valence-electron chi connectivity index (χ2n) is 3.81. The molecule has 5 heteroatoms. The molecule has 0 bridgehead atoms. The minimum absolute atomic E-state index is 0.114. The third-order valence-electron chi connectivity index (χ3n) is 2.31. The Morgan fingerprint density at radius 1 is 1.69 bits per heavy atom. The highest BCUT2D eigenvalue weighted by molar-refractivity contribution is 7.08. The zero-order chi connectivity index (χ0) is 12.0. The lowest BCUT2D eigenvalue weighted by Gasteiger charge is -2.22. The van der Waals surface area contributed by atoms with Gasteiger partial charge in [-0.15, -0.1) is 0 Å². The third-order valence-corrected chi connectivity index (χ3v) is 2.99. The van der Waals surface area contributed by atoms with Crippen molar-refractivity contribution < 1.29 is 14.6 Å². The van der Waals surface area contributed by atoms with Gasteiger partial charge in [-0.25, -0.2) is 0 Å². The topological polar surface area (TPSA) is 58.6 Å². The van der Waals surface area contributed by atoms with E-state index in [1.54, 1.807) is 14.0 Å². The molecule has 0 aliphatic heterocycles. The summed E-state index contributed by atoms with van der Waals surface area (Å²) in [4.78, 5) is 11.3. The van der Waals surface area contributed by atoms with Crippen molar-refractivity contribution in [1.29, 1.82) is 0 Å². The number of thiophene rings is 1. The van der Waals surface area contributed by atoms with Crippen molar-refractivity contribution in [2.75, 3.05) is 20.3 Å². The third kappa shape index (κ3) is 3.92. The fourth-order valence-corrected chi connectivity index (χ4v) is 2.01. The summed E-state index contributed by atoms with van der Waals surface area (Å²) < 4.78 is 4.80. The molecule has 1 amide bonds. The standard InChI is InChI=1S/C11H17NO3S/c1-11(14,9-4-6-16-7-9)8-12-10(13)3-5-15-2/h4,6-7,14H,3,5,8H2,1-2H3,(H,12,13). The number of ether oxygens (including phenoxy) is 1. The van der Waals surface area contributed by atoms with Gasteiger partial charge in [-0.2, -0.15) is 11.3 Å². The van der Waals surface area contributed by atoms with Gasteiger partial charge < -0.3 is 15.2 Å². The Hall–Kier alpha value is -0.910. The maximum atomic E-state index is 11.3. The van der Waals surface area contributed by atoms with Crippen LogP contribution in [0, 0.1) is 0 Å². The number of amides is 1. The highest BCUT2D eigenvalue weighted by atomic mass is 32.1. The van der Waals surface area contributed by atoms with Crippen LogP contribution in [0.5, 0.6) is 0 Å². The van der Waals surface area contributed by atoms with Gasteiger partial charge in [-0.1, -0.05) is 0 Å². The van der Waals surface area contributed by atoms with E-state index in [-0.39, 0.29) is 12.5 Å². The van der Waals surface area contributed by atoms with Gasteiger partial charge in [0, 0.05) is 13.5 Å². The number of nitrogens with one attached hydrogen (secondary N) is 1. The van der Waals surface area contributed by atoms with Gasteiger partial charge in [0.25, 0.3) is 0 Å². The van der Waals surface area contributed by atoms with E-state index in [1.807, 2.05) is 16.8 Å². The van der Waals surface area contributed by atoms with Gasteiger partial charge in [-0.05, 0) is 29.3 Å². The van der Waals surface area contributed by atoms with Crippen LogP contribution in [0.4, 0.5) is 0 Å². The second-order valence-corrected chi connectivity index (χ2v) is 4.59. The van der Waals surface area contributed by atoms with Gasteiger partial charge in [0.05, 0.1) is 13.2 Å². The van der Waals surface area contributed by atoms with E-state index in [0.29, 0.717) is 13.0 Å². The van der Waals surface area contributed by atoms with E-state index >= 15 is 0 Å². The Morgan fingerprint density at radius 3 is 3.00 bits per heavy atom. The predicted molar refractivity (Wildman–Crippen MR) is 63.4 cm³/mol. The van der Waals surface area contributed by atoms with E-state index in [0.717, 1.165) is 5.56 Å². The van der Waals surface area contributed by atoms with E-state index in [1.165, 1.54) is 11.3 Å². The van der Waals surface area contributed by atoms with Crippen LogP contribution < -0.4 is 5.32 Å². The number of hydrogen-bond acceptors (Lipinski definition) is 4. The molecule has 2 N–H and O–H groups in total. The lowest BCUT2D eigenvalue weighted by Crippen LogP contribution is -2.38. The van der Waals surface area contributed by atoms with Crippen LogP contribution in [0.25, 0.3) is 0 Å². The lowest BCUT2D eigenvalue weighted by atomic mass is 9.99. The molecule has 0 aliphatic rings. The molecular formula is C11H17NO3S. The number of hydrogen-bond donors (Lipinski definition) is 2. The number of carbonyl (C=O) groups excluding carboxylic acids is 1. The van der Waals surface area contributed by atoms with E-state index in [9.17, 15) is 9.90 Å². The number of rotatable bonds is 6. The first-order valence-electron chi connectivity index (χ1n) is 5.07. The molecule has 1 aromatic rings. The van der Waals surface area contributed by atoms with Gasteiger partial charge in [-0.3, -0.25) is 4.79 Å². The first-order valence-corrected chi connectivity index (χ1v) is 6.01. The van der Waals surface area contributed by atoms with Gasteiger partial charge >= 0.3 is 0 Å². The average Bonchev–Trinajstić information content (AvgIpc) is 2.77. The zero-order valence-electron chi connectivity index (χ0n) is 9.53. The summed E-state index contributed by atoms with van der Waals surface area (Å²) in [6.45, 7) is 2.30. The Labute approximate surface area is 99.2 Å². The molecular weight excluding hydrogens is 226 g/mol. The van der Waals surface area contributed by atoms with Crippen molar-refractivity contribution in [3.05, 3.63) is 22.4 Å². The molecule has 1 heterocycles. The van der Waals surface area contributed by atoms with Gasteiger partial charge in [0.15, 0.2) is 0 Å². The maximum absolute atomic E-state index is 11.3. The molecule has 16 heavy (non-hydrogen) atoms. The van der Waals surface area contributed by atoms with Crippen LogP contribution in [0.1, 0.15) is 18.9 Å². The van der Waals surface area contributed by atoms with E-state index in [4.69, 9.17) is 4.74 Å². The molecule has 1 unspecified atom stereocenters. The van der Waals surface area contributed by atoms with Crippen LogP contribution in [-0.2, 0) is 15.1 Å². The highest BCUT2D eigenvalue weighted by Crippen LogP contribution is 2.21. The number of carbonyl (C=O) groups is 1. The molecule has 0 fully saturated rings. The molecule has 0 saturated heterocycles. The van der Waals surface area contributed by atoms with Crippen molar-refractivity contribution in [2.45, 2.75) is 18.9 Å². The van der Waals surface area contributed by atoms with Crippen molar-refractivity contribution >= 4 is 17.2 Å². The molecule has 0 radical (unpaired) electrons. The molecule has 1 rings (SSSR count). The summed E-state index contributed by atoms with van der Waals surface area (Å²) in [6, 6.07) is 1.85. The molecule has 90 valence electrons. The first kappa shape index (κ1) is 13.2.